The van der Waals surface area contributed by atoms with Crippen LogP contribution < -0.4 is 5.32 Å². The highest BCUT2D eigenvalue weighted by Crippen LogP contribution is 2.13. The van der Waals surface area contributed by atoms with E-state index in [1.807, 2.05) is 0 Å². The molecule has 15 heavy (non-hydrogen) atoms. The summed E-state index contributed by atoms with van der Waals surface area (Å²) >= 11 is 0. The molecule has 0 saturated carbocycles. The minimum atomic E-state index is -5.08. The molecule has 0 aromatic carbocycles. The van der Waals surface area contributed by atoms with Crippen molar-refractivity contribution in [2.75, 3.05) is 13.1 Å². The lowest BCUT2D eigenvalue weighted by molar-refractivity contribution is -0.192. The number of nitrogens with zero attached hydrogens (tertiary/aromatic N) is 1. The Balaban J connectivity index is 0.000000265. The van der Waals surface area contributed by atoms with Crippen molar-refractivity contribution in [2.24, 2.45) is 5.16 Å². The molecule has 0 radical (unpaired) electrons. The molecule has 0 bridgehead atoms. The fraction of sp³-hybridized carbons (Fsp3) is 0.714. The van der Waals surface area contributed by atoms with E-state index in [9.17, 15) is 13.2 Å². The SMILES string of the molecule is O=C(O)C(F)(F)F.ON=C1CCNCC1. The van der Waals surface area contributed by atoms with Crippen LogP contribution in [0.15, 0.2) is 5.16 Å². The summed E-state index contributed by atoms with van der Waals surface area (Å²) in [6, 6.07) is 0. The lowest BCUT2D eigenvalue weighted by atomic mass is 10.1. The number of halogens is 3. The molecular weight excluding hydrogens is 217 g/mol. The van der Waals surface area contributed by atoms with Crippen LogP contribution in [0.3, 0.4) is 0 Å². The molecule has 1 saturated heterocycles. The van der Waals surface area contributed by atoms with Crippen molar-refractivity contribution in [1.82, 2.24) is 5.32 Å². The molecule has 0 aliphatic carbocycles. The number of aliphatic carboxylic acids is 1. The zero-order valence-corrected chi connectivity index (χ0v) is 7.71. The predicted octanol–water partition coefficient (Wildman–Crippen LogP) is 0.833. The van der Waals surface area contributed by atoms with Gasteiger partial charge in [0.15, 0.2) is 0 Å². The van der Waals surface area contributed by atoms with E-state index in [1.54, 1.807) is 0 Å². The number of carbonyl (C=O) groups is 1. The number of rotatable bonds is 0. The standard InChI is InChI=1S/C5H10N2O.C2HF3O2/c8-7-5-1-3-6-4-2-5;3-2(4,5)1(6)7/h6,8H,1-4H2;(H,6,7). The Kier molecular flexibility index (Phi) is 5.68. The van der Waals surface area contributed by atoms with Crippen LogP contribution in [-0.4, -0.2) is 41.3 Å². The van der Waals surface area contributed by atoms with E-state index in [4.69, 9.17) is 15.1 Å². The average molecular weight is 228 g/mol. The first-order valence-corrected chi connectivity index (χ1v) is 4.08. The van der Waals surface area contributed by atoms with E-state index in [0.717, 1.165) is 31.6 Å². The van der Waals surface area contributed by atoms with Crippen LogP contribution in [0.4, 0.5) is 13.2 Å². The Morgan fingerprint density at radius 1 is 1.33 bits per heavy atom. The Bertz CT molecular complexity index is 232. The third kappa shape index (κ3) is 6.72. The van der Waals surface area contributed by atoms with Gasteiger partial charge in [0.1, 0.15) is 0 Å². The molecule has 1 aliphatic heterocycles. The first-order chi connectivity index (χ1) is 6.88. The minimum Gasteiger partial charge on any atom is -0.475 e. The highest BCUT2D eigenvalue weighted by molar-refractivity contribution is 5.84. The number of hydrogen-bond donors (Lipinski definition) is 3. The maximum atomic E-state index is 10.6. The molecule has 5 nitrogen and oxygen atoms in total. The summed E-state index contributed by atoms with van der Waals surface area (Å²) < 4.78 is 31.7. The quantitative estimate of drug-likeness (QED) is 0.423. The molecule has 0 atom stereocenters. The van der Waals surface area contributed by atoms with Crippen LogP contribution in [0.5, 0.6) is 0 Å². The van der Waals surface area contributed by atoms with Gasteiger partial charge in [0.2, 0.25) is 0 Å². The summed E-state index contributed by atoms with van der Waals surface area (Å²) in [7, 11) is 0. The number of piperidine rings is 1. The molecular formula is C7H11F3N2O3. The second-order valence-electron chi connectivity index (χ2n) is 2.72. The second kappa shape index (κ2) is 6.23. The topological polar surface area (TPSA) is 81.9 Å². The number of oxime groups is 1. The van der Waals surface area contributed by atoms with Crippen molar-refractivity contribution in [1.29, 1.82) is 0 Å². The van der Waals surface area contributed by atoms with E-state index in [0.29, 0.717) is 0 Å². The number of hydrogen-bond acceptors (Lipinski definition) is 4. The largest absolute Gasteiger partial charge is 0.490 e. The van der Waals surface area contributed by atoms with Gasteiger partial charge in [0.05, 0.1) is 5.71 Å². The Morgan fingerprint density at radius 3 is 1.93 bits per heavy atom. The molecule has 8 heteroatoms. The molecule has 0 aromatic heterocycles. The van der Waals surface area contributed by atoms with Gasteiger partial charge in [0.25, 0.3) is 0 Å². The van der Waals surface area contributed by atoms with Crippen molar-refractivity contribution >= 4 is 11.7 Å². The monoisotopic (exact) mass is 228 g/mol. The smallest absolute Gasteiger partial charge is 0.475 e. The molecule has 0 amide bonds. The van der Waals surface area contributed by atoms with Crippen molar-refractivity contribution in [2.45, 2.75) is 19.0 Å². The third-order valence-electron chi connectivity index (χ3n) is 1.56. The van der Waals surface area contributed by atoms with Gasteiger partial charge in [-0.05, 0) is 0 Å². The second-order valence-corrected chi connectivity index (χ2v) is 2.72. The molecule has 88 valence electrons. The van der Waals surface area contributed by atoms with Gasteiger partial charge in [-0.3, -0.25) is 0 Å². The van der Waals surface area contributed by atoms with Crippen LogP contribution in [0, 0.1) is 0 Å². The number of alkyl halides is 3. The van der Waals surface area contributed by atoms with E-state index in [2.05, 4.69) is 10.5 Å². The molecule has 1 rings (SSSR count). The summed E-state index contributed by atoms with van der Waals surface area (Å²) in [4.78, 5) is 8.90. The first kappa shape index (κ1) is 13.7. The summed E-state index contributed by atoms with van der Waals surface area (Å²) in [5.41, 5.74) is 0.920. The van der Waals surface area contributed by atoms with E-state index < -0.39 is 12.1 Å². The van der Waals surface area contributed by atoms with Gasteiger partial charge in [-0.15, -0.1) is 0 Å². The number of carboxylic acids is 1. The van der Waals surface area contributed by atoms with Crippen molar-refractivity contribution in [3.05, 3.63) is 0 Å². The summed E-state index contributed by atoms with van der Waals surface area (Å²) in [5, 5.41) is 21.7. The van der Waals surface area contributed by atoms with Crippen LogP contribution >= 0.6 is 0 Å². The number of carboxylic acid groups (broad SMARTS) is 1. The maximum Gasteiger partial charge on any atom is 0.490 e. The molecule has 3 N–H and O–H groups in total. The third-order valence-corrected chi connectivity index (χ3v) is 1.56. The fourth-order valence-electron chi connectivity index (χ4n) is 0.815. The zero-order chi connectivity index (χ0) is 11.9. The maximum absolute atomic E-state index is 10.6. The van der Waals surface area contributed by atoms with Gasteiger partial charge in [-0.25, -0.2) is 4.79 Å². The zero-order valence-electron chi connectivity index (χ0n) is 7.71. The van der Waals surface area contributed by atoms with Gasteiger partial charge in [0, 0.05) is 25.9 Å². The van der Waals surface area contributed by atoms with Crippen molar-refractivity contribution in [3.8, 4) is 0 Å². The van der Waals surface area contributed by atoms with Crippen LogP contribution in [-0.2, 0) is 4.79 Å². The fourth-order valence-corrected chi connectivity index (χ4v) is 0.815. The Labute approximate surface area is 83.6 Å². The van der Waals surface area contributed by atoms with Gasteiger partial charge in [-0.2, -0.15) is 13.2 Å². The van der Waals surface area contributed by atoms with E-state index in [1.165, 1.54) is 0 Å². The highest BCUT2D eigenvalue weighted by Gasteiger charge is 2.38. The van der Waals surface area contributed by atoms with Crippen molar-refractivity contribution < 1.29 is 28.3 Å². The molecule has 0 aromatic rings. The Morgan fingerprint density at radius 2 is 1.73 bits per heavy atom. The van der Waals surface area contributed by atoms with Crippen molar-refractivity contribution in [3.63, 3.8) is 0 Å². The van der Waals surface area contributed by atoms with Gasteiger partial charge < -0.3 is 15.6 Å². The minimum absolute atomic E-state index is 0.899. The van der Waals surface area contributed by atoms with Crippen LogP contribution in [0.2, 0.25) is 0 Å². The normalized spacial score (nSPS) is 16.3. The van der Waals surface area contributed by atoms with E-state index in [-0.39, 0.29) is 0 Å². The highest BCUT2D eigenvalue weighted by atomic mass is 19.4. The van der Waals surface area contributed by atoms with Gasteiger partial charge >= 0.3 is 12.1 Å². The first-order valence-electron chi connectivity index (χ1n) is 4.08. The summed E-state index contributed by atoms with van der Waals surface area (Å²) in [6.07, 6.45) is -3.28. The lowest BCUT2D eigenvalue weighted by Gasteiger charge is -2.11. The molecule has 0 unspecified atom stereocenters. The number of nitrogens with one attached hydrogen (secondary N) is 1. The van der Waals surface area contributed by atoms with Gasteiger partial charge in [-0.1, -0.05) is 5.16 Å². The van der Waals surface area contributed by atoms with Crippen LogP contribution in [0.25, 0.3) is 0 Å². The molecule has 1 heterocycles. The predicted molar refractivity (Wildman–Crippen MR) is 45.0 cm³/mol. The average Bonchev–Trinajstić information content (AvgIpc) is 2.18. The Hall–Kier alpha value is -1.31. The molecule has 0 spiro atoms. The summed E-state index contributed by atoms with van der Waals surface area (Å²) in [6.45, 7) is 1.92. The molecule has 1 fully saturated rings. The molecule has 1 aliphatic rings. The van der Waals surface area contributed by atoms with Crippen LogP contribution in [0.1, 0.15) is 12.8 Å². The van der Waals surface area contributed by atoms with E-state index >= 15 is 0 Å². The summed E-state index contributed by atoms with van der Waals surface area (Å²) in [5.74, 6) is -2.76. The lowest BCUT2D eigenvalue weighted by Crippen LogP contribution is -2.27.